The Bertz CT molecular complexity index is 376. The number of hydrogen-bond acceptors (Lipinski definition) is 2. The average Bonchev–Trinajstić information content (AvgIpc) is 2.28. The van der Waals surface area contributed by atoms with Gasteiger partial charge in [0.05, 0.1) is 6.61 Å². The third-order valence-corrected chi connectivity index (χ3v) is 3.68. The molecule has 3 heteroatoms. The van der Waals surface area contributed by atoms with E-state index in [0.29, 0.717) is 5.56 Å². The zero-order chi connectivity index (χ0) is 12.3. The number of halogens is 1. The molecule has 0 spiro atoms. The highest BCUT2D eigenvalue weighted by Gasteiger charge is 2.22. The molecular weight excluding hydrogens is 217 g/mol. The summed E-state index contributed by atoms with van der Waals surface area (Å²) in [6.07, 6.45) is 3.87. The van der Waals surface area contributed by atoms with E-state index in [4.69, 9.17) is 0 Å². The van der Waals surface area contributed by atoms with Crippen molar-refractivity contribution in [3.05, 3.63) is 29.6 Å². The van der Waals surface area contributed by atoms with Gasteiger partial charge in [-0.1, -0.05) is 12.5 Å². The molecule has 0 heterocycles. The van der Waals surface area contributed by atoms with E-state index >= 15 is 0 Å². The number of rotatable bonds is 5. The fourth-order valence-electron chi connectivity index (χ4n) is 2.38. The minimum absolute atomic E-state index is 0.233. The van der Waals surface area contributed by atoms with E-state index < -0.39 is 0 Å². The summed E-state index contributed by atoms with van der Waals surface area (Å²) in [7, 11) is 0. The first-order valence-electron chi connectivity index (χ1n) is 6.39. The lowest BCUT2D eigenvalue weighted by atomic mass is 9.85. The minimum atomic E-state index is -0.308. The van der Waals surface area contributed by atoms with Gasteiger partial charge in [0, 0.05) is 24.3 Å². The lowest BCUT2D eigenvalue weighted by Gasteiger charge is -2.34. The second-order valence-electron chi connectivity index (χ2n) is 4.73. The van der Waals surface area contributed by atoms with Gasteiger partial charge in [-0.05, 0) is 37.8 Å². The molecule has 1 aromatic rings. The van der Waals surface area contributed by atoms with Gasteiger partial charge < -0.3 is 10.0 Å². The molecule has 0 radical (unpaired) electrons. The Kier molecular flexibility index (Phi) is 4.00. The highest BCUT2D eigenvalue weighted by molar-refractivity contribution is 5.54. The van der Waals surface area contributed by atoms with Crippen LogP contribution in [0.5, 0.6) is 0 Å². The number of aliphatic hydroxyl groups is 1. The SMILES string of the molecule is CCN(CC1CCC1)c1cccc(F)c1CO. The molecule has 1 saturated carbocycles. The molecule has 0 saturated heterocycles. The number of benzene rings is 1. The van der Waals surface area contributed by atoms with Crippen molar-refractivity contribution in [2.24, 2.45) is 5.92 Å². The molecule has 0 unspecified atom stereocenters. The zero-order valence-corrected chi connectivity index (χ0v) is 10.3. The smallest absolute Gasteiger partial charge is 0.130 e. The van der Waals surface area contributed by atoms with Crippen molar-refractivity contribution in [2.45, 2.75) is 32.8 Å². The second-order valence-corrected chi connectivity index (χ2v) is 4.73. The summed E-state index contributed by atoms with van der Waals surface area (Å²) in [5.41, 5.74) is 1.27. The highest BCUT2D eigenvalue weighted by Crippen LogP contribution is 2.30. The Morgan fingerprint density at radius 2 is 2.18 bits per heavy atom. The number of nitrogens with zero attached hydrogens (tertiary/aromatic N) is 1. The van der Waals surface area contributed by atoms with Gasteiger partial charge in [0.25, 0.3) is 0 Å². The van der Waals surface area contributed by atoms with Crippen molar-refractivity contribution < 1.29 is 9.50 Å². The van der Waals surface area contributed by atoms with Crippen molar-refractivity contribution in [3.63, 3.8) is 0 Å². The maximum atomic E-state index is 13.6. The topological polar surface area (TPSA) is 23.5 Å². The van der Waals surface area contributed by atoms with Gasteiger partial charge in [0.2, 0.25) is 0 Å². The van der Waals surface area contributed by atoms with Crippen LogP contribution in [0.2, 0.25) is 0 Å². The first-order chi connectivity index (χ1) is 8.26. The molecule has 94 valence electrons. The zero-order valence-electron chi connectivity index (χ0n) is 10.3. The second kappa shape index (κ2) is 5.50. The monoisotopic (exact) mass is 237 g/mol. The molecule has 0 aliphatic heterocycles. The molecule has 1 fully saturated rings. The van der Waals surface area contributed by atoms with Crippen LogP contribution in [0.3, 0.4) is 0 Å². The van der Waals surface area contributed by atoms with Crippen LogP contribution < -0.4 is 4.90 Å². The lowest BCUT2D eigenvalue weighted by Crippen LogP contribution is -2.33. The summed E-state index contributed by atoms with van der Waals surface area (Å²) in [5, 5.41) is 9.28. The summed E-state index contributed by atoms with van der Waals surface area (Å²) in [4.78, 5) is 2.18. The predicted molar refractivity (Wildman–Crippen MR) is 67.6 cm³/mol. The fraction of sp³-hybridized carbons (Fsp3) is 0.571. The van der Waals surface area contributed by atoms with Crippen molar-refractivity contribution in [1.82, 2.24) is 0 Å². The summed E-state index contributed by atoms with van der Waals surface area (Å²) in [5.74, 6) is 0.432. The van der Waals surface area contributed by atoms with Crippen LogP contribution in [-0.4, -0.2) is 18.2 Å². The molecule has 0 amide bonds. The van der Waals surface area contributed by atoms with Gasteiger partial charge in [-0.15, -0.1) is 0 Å². The van der Waals surface area contributed by atoms with Gasteiger partial charge in [-0.25, -0.2) is 4.39 Å². The van der Waals surface area contributed by atoms with Crippen molar-refractivity contribution in [3.8, 4) is 0 Å². The summed E-state index contributed by atoms with van der Waals surface area (Å²) in [6, 6.07) is 5.02. The lowest BCUT2D eigenvalue weighted by molar-refractivity contribution is 0.275. The van der Waals surface area contributed by atoms with Gasteiger partial charge in [-0.2, -0.15) is 0 Å². The molecule has 1 aliphatic rings. The maximum absolute atomic E-state index is 13.6. The van der Waals surface area contributed by atoms with E-state index in [1.165, 1.54) is 25.3 Å². The van der Waals surface area contributed by atoms with Crippen LogP contribution in [0.1, 0.15) is 31.7 Å². The predicted octanol–water partition coefficient (Wildman–Crippen LogP) is 2.94. The van der Waals surface area contributed by atoms with E-state index in [2.05, 4.69) is 11.8 Å². The Balaban J connectivity index is 2.19. The summed E-state index contributed by atoms with van der Waals surface area (Å²) < 4.78 is 13.6. The normalized spacial score (nSPS) is 15.7. The van der Waals surface area contributed by atoms with E-state index in [9.17, 15) is 9.50 Å². The average molecular weight is 237 g/mol. The molecule has 17 heavy (non-hydrogen) atoms. The number of anilines is 1. The maximum Gasteiger partial charge on any atom is 0.130 e. The van der Waals surface area contributed by atoms with Crippen molar-refractivity contribution in [2.75, 3.05) is 18.0 Å². The Labute approximate surface area is 102 Å². The number of hydrogen-bond donors (Lipinski definition) is 1. The van der Waals surface area contributed by atoms with Crippen LogP contribution >= 0.6 is 0 Å². The van der Waals surface area contributed by atoms with Crippen LogP contribution in [0, 0.1) is 11.7 Å². The molecule has 2 nitrogen and oxygen atoms in total. The van der Waals surface area contributed by atoms with E-state index in [-0.39, 0.29) is 12.4 Å². The van der Waals surface area contributed by atoms with Crippen LogP contribution in [0.25, 0.3) is 0 Å². The van der Waals surface area contributed by atoms with E-state index in [1.54, 1.807) is 6.07 Å². The Morgan fingerprint density at radius 3 is 2.71 bits per heavy atom. The summed E-state index contributed by atoms with van der Waals surface area (Å²) in [6.45, 7) is 3.67. The van der Waals surface area contributed by atoms with Gasteiger partial charge >= 0.3 is 0 Å². The van der Waals surface area contributed by atoms with E-state index in [0.717, 1.165) is 24.7 Å². The summed E-state index contributed by atoms with van der Waals surface area (Å²) >= 11 is 0. The van der Waals surface area contributed by atoms with Crippen molar-refractivity contribution >= 4 is 5.69 Å². The molecular formula is C14H20FNO. The van der Waals surface area contributed by atoms with Crippen LogP contribution in [-0.2, 0) is 6.61 Å². The molecule has 1 aliphatic carbocycles. The fourth-order valence-corrected chi connectivity index (χ4v) is 2.38. The first-order valence-corrected chi connectivity index (χ1v) is 6.39. The minimum Gasteiger partial charge on any atom is -0.391 e. The largest absolute Gasteiger partial charge is 0.391 e. The molecule has 0 aromatic heterocycles. The number of aliphatic hydroxyl groups excluding tert-OH is 1. The molecule has 0 bridgehead atoms. The first kappa shape index (κ1) is 12.4. The van der Waals surface area contributed by atoms with E-state index in [1.807, 2.05) is 6.07 Å². The van der Waals surface area contributed by atoms with Gasteiger partial charge in [-0.3, -0.25) is 0 Å². The molecule has 0 atom stereocenters. The van der Waals surface area contributed by atoms with Gasteiger partial charge in [0.1, 0.15) is 5.82 Å². The molecule has 1 N–H and O–H groups in total. The third-order valence-electron chi connectivity index (χ3n) is 3.68. The van der Waals surface area contributed by atoms with Crippen LogP contribution in [0.4, 0.5) is 10.1 Å². The third kappa shape index (κ3) is 2.60. The molecule has 1 aromatic carbocycles. The van der Waals surface area contributed by atoms with Crippen molar-refractivity contribution in [1.29, 1.82) is 0 Å². The molecule has 2 rings (SSSR count). The van der Waals surface area contributed by atoms with Crippen LogP contribution in [0.15, 0.2) is 18.2 Å². The Morgan fingerprint density at radius 1 is 1.41 bits per heavy atom. The Hall–Kier alpha value is -1.09. The van der Waals surface area contributed by atoms with Gasteiger partial charge in [0.15, 0.2) is 0 Å². The highest BCUT2D eigenvalue weighted by atomic mass is 19.1. The standard InChI is InChI=1S/C14H20FNO/c1-2-16(9-11-5-3-6-11)14-8-4-7-13(15)12(14)10-17/h4,7-8,11,17H,2-3,5-6,9-10H2,1H3. The quantitative estimate of drug-likeness (QED) is 0.851.